The quantitative estimate of drug-likeness (QED) is 0.809. The summed E-state index contributed by atoms with van der Waals surface area (Å²) in [7, 11) is 0. The largest absolute Gasteiger partial charge is 0.320 e. The summed E-state index contributed by atoms with van der Waals surface area (Å²) in [6.45, 7) is 0. The Labute approximate surface area is 86.6 Å². The van der Waals surface area contributed by atoms with Gasteiger partial charge in [0.25, 0.3) is 17.2 Å². The molecule has 0 atom stereocenters. The molecule has 1 aromatic heterocycles. The Hall–Kier alpha value is -0.940. The van der Waals surface area contributed by atoms with Gasteiger partial charge in [-0.15, -0.1) is 0 Å². The lowest BCUT2D eigenvalue weighted by molar-refractivity contribution is 0.107. The third kappa shape index (κ3) is 2.10. The Morgan fingerprint density at radius 3 is 2.43 bits per heavy atom. The summed E-state index contributed by atoms with van der Waals surface area (Å²) >= 11 is 10.4. The van der Waals surface area contributed by atoms with E-state index in [1.54, 1.807) is 4.98 Å². The molecule has 0 unspecified atom stereocenters. The minimum atomic E-state index is -2.86. The molecule has 76 valence electrons. The number of H-pyrrole nitrogens is 1. The van der Waals surface area contributed by atoms with E-state index < -0.39 is 28.5 Å². The van der Waals surface area contributed by atoms with Gasteiger partial charge in [-0.2, -0.15) is 0 Å². The molecule has 0 aliphatic heterocycles. The second-order valence-electron chi connectivity index (χ2n) is 2.35. The summed E-state index contributed by atoms with van der Waals surface area (Å²) in [5.41, 5.74) is -2.20. The van der Waals surface area contributed by atoms with E-state index in [0.717, 1.165) is 6.07 Å². The molecule has 0 aromatic carbocycles. The van der Waals surface area contributed by atoms with E-state index in [1.807, 2.05) is 0 Å². The monoisotopic (exact) mass is 241 g/mol. The van der Waals surface area contributed by atoms with E-state index in [4.69, 9.17) is 23.2 Å². The van der Waals surface area contributed by atoms with Gasteiger partial charge in [0.05, 0.1) is 10.7 Å². The summed E-state index contributed by atoms with van der Waals surface area (Å²) in [4.78, 5) is 23.5. The van der Waals surface area contributed by atoms with Crippen LogP contribution in [-0.2, 0) is 0 Å². The maximum absolute atomic E-state index is 12.1. The van der Waals surface area contributed by atoms with E-state index in [-0.39, 0.29) is 5.02 Å². The van der Waals surface area contributed by atoms with Crippen molar-refractivity contribution >= 4 is 28.4 Å². The molecular formula is C7H3Cl2F2NO2. The fraction of sp³-hybridized carbons (Fsp3) is 0.143. The molecule has 14 heavy (non-hydrogen) atoms. The van der Waals surface area contributed by atoms with Crippen molar-refractivity contribution in [3.8, 4) is 0 Å². The number of rotatable bonds is 2. The molecule has 0 spiro atoms. The van der Waals surface area contributed by atoms with Crippen LogP contribution in [0.1, 0.15) is 22.5 Å². The molecule has 7 heteroatoms. The Morgan fingerprint density at radius 1 is 1.50 bits per heavy atom. The van der Waals surface area contributed by atoms with Crippen LogP contribution in [0.15, 0.2) is 10.9 Å². The molecule has 0 saturated carbocycles. The number of aromatic amines is 1. The first kappa shape index (κ1) is 11.1. The van der Waals surface area contributed by atoms with Crippen LogP contribution in [0.2, 0.25) is 5.02 Å². The lowest BCUT2D eigenvalue weighted by atomic mass is 10.2. The first-order valence-electron chi connectivity index (χ1n) is 3.34. The van der Waals surface area contributed by atoms with Crippen molar-refractivity contribution in [1.29, 1.82) is 0 Å². The molecule has 0 aliphatic carbocycles. The van der Waals surface area contributed by atoms with Gasteiger partial charge < -0.3 is 4.98 Å². The van der Waals surface area contributed by atoms with E-state index in [2.05, 4.69) is 0 Å². The normalized spacial score (nSPS) is 10.6. The van der Waals surface area contributed by atoms with Crippen LogP contribution in [0.5, 0.6) is 0 Å². The average Bonchev–Trinajstić information content (AvgIpc) is 2.01. The lowest BCUT2D eigenvalue weighted by Crippen LogP contribution is -2.17. The van der Waals surface area contributed by atoms with E-state index in [9.17, 15) is 18.4 Å². The summed E-state index contributed by atoms with van der Waals surface area (Å²) in [6.07, 6.45) is -2.86. The standard InChI is InChI=1S/C7H3Cl2F2NO2/c8-2-1-3(6(10)11)12-7(14)4(2)5(9)13/h1,6H,(H,12,14). The molecule has 1 aromatic rings. The third-order valence-electron chi connectivity index (χ3n) is 1.44. The van der Waals surface area contributed by atoms with Crippen LogP contribution in [0.3, 0.4) is 0 Å². The molecule has 1 heterocycles. The molecule has 1 rings (SSSR count). The highest BCUT2D eigenvalue weighted by atomic mass is 35.5. The fourth-order valence-electron chi connectivity index (χ4n) is 0.848. The molecule has 0 amide bonds. The number of nitrogens with one attached hydrogen (secondary N) is 1. The van der Waals surface area contributed by atoms with Crippen molar-refractivity contribution in [1.82, 2.24) is 4.98 Å². The van der Waals surface area contributed by atoms with Crippen molar-refractivity contribution in [2.24, 2.45) is 0 Å². The number of carbonyl (C=O) groups excluding carboxylic acids is 1. The molecule has 0 fully saturated rings. The van der Waals surface area contributed by atoms with E-state index in [1.165, 1.54) is 0 Å². The number of pyridine rings is 1. The lowest BCUT2D eigenvalue weighted by Gasteiger charge is -2.02. The van der Waals surface area contributed by atoms with Gasteiger partial charge in [-0.05, 0) is 17.7 Å². The van der Waals surface area contributed by atoms with Gasteiger partial charge >= 0.3 is 0 Å². The summed E-state index contributed by atoms with van der Waals surface area (Å²) < 4.78 is 24.2. The van der Waals surface area contributed by atoms with E-state index in [0.29, 0.717) is 0 Å². The SMILES string of the molecule is O=C(Cl)c1c(Cl)cc(C(F)F)[nH]c1=O. The predicted octanol–water partition coefficient (Wildman–Crippen LogP) is 2.34. The topological polar surface area (TPSA) is 49.9 Å². The molecule has 3 nitrogen and oxygen atoms in total. The fourth-order valence-corrected chi connectivity index (χ4v) is 1.37. The van der Waals surface area contributed by atoms with Gasteiger partial charge in [-0.3, -0.25) is 9.59 Å². The van der Waals surface area contributed by atoms with Gasteiger partial charge in [0.15, 0.2) is 0 Å². The van der Waals surface area contributed by atoms with Crippen molar-refractivity contribution in [2.75, 3.05) is 0 Å². The molecule has 0 saturated heterocycles. The van der Waals surface area contributed by atoms with Crippen LogP contribution in [0.4, 0.5) is 8.78 Å². The maximum atomic E-state index is 12.1. The van der Waals surface area contributed by atoms with Crippen LogP contribution in [0, 0.1) is 0 Å². The smallest absolute Gasteiger partial charge is 0.278 e. The highest BCUT2D eigenvalue weighted by Gasteiger charge is 2.17. The van der Waals surface area contributed by atoms with Gasteiger partial charge in [0.2, 0.25) is 0 Å². The van der Waals surface area contributed by atoms with Crippen molar-refractivity contribution in [2.45, 2.75) is 6.43 Å². The molecular weight excluding hydrogens is 239 g/mol. The summed E-state index contributed by atoms with van der Waals surface area (Å²) in [5.74, 6) is 0. The van der Waals surface area contributed by atoms with Crippen LogP contribution < -0.4 is 5.56 Å². The number of carbonyl (C=O) groups is 1. The summed E-state index contributed by atoms with van der Waals surface area (Å²) in [5, 5.41) is -1.47. The number of hydrogen-bond donors (Lipinski definition) is 1. The maximum Gasteiger partial charge on any atom is 0.278 e. The average molecular weight is 242 g/mol. The number of halogens is 4. The second kappa shape index (κ2) is 4.06. The Balaban J connectivity index is 3.40. The van der Waals surface area contributed by atoms with Crippen LogP contribution >= 0.6 is 23.2 Å². The Kier molecular flexibility index (Phi) is 3.23. The highest BCUT2D eigenvalue weighted by molar-refractivity contribution is 6.68. The minimum absolute atomic E-state index is 0.385. The van der Waals surface area contributed by atoms with Crippen LogP contribution in [0.25, 0.3) is 0 Å². The summed E-state index contributed by atoms with van der Waals surface area (Å²) in [6, 6.07) is 0.795. The zero-order valence-corrected chi connectivity index (χ0v) is 7.99. The third-order valence-corrected chi connectivity index (χ3v) is 1.92. The van der Waals surface area contributed by atoms with Gasteiger partial charge in [-0.25, -0.2) is 8.78 Å². The molecule has 0 aliphatic rings. The van der Waals surface area contributed by atoms with Gasteiger partial charge in [-0.1, -0.05) is 11.6 Å². The number of alkyl halides is 2. The molecule has 1 N–H and O–H groups in total. The van der Waals surface area contributed by atoms with Gasteiger partial charge in [0, 0.05) is 0 Å². The number of aromatic nitrogens is 1. The Morgan fingerprint density at radius 2 is 2.07 bits per heavy atom. The van der Waals surface area contributed by atoms with E-state index >= 15 is 0 Å². The zero-order valence-electron chi connectivity index (χ0n) is 6.48. The highest BCUT2D eigenvalue weighted by Crippen LogP contribution is 2.21. The zero-order chi connectivity index (χ0) is 10.9. The first-order chi connectivity index (χ1) is 6.43. The first-order valence-corrected chi connectivity index (χ1v) is 4.09. The van der Waals surface area contributed by atoms with Crippen molar-refractivity contribution in [3.63, 3.8) is 0 Å². The second-order valence-corrected chi connectivity index (χ2v) is 3.10. The van der Waals surface area contributed by atoms with Crippen molar-refractivity contribution < 1.29 is 13.6 Å². The van der Waals surface area contributed by atoms with Crippen LogP contribution in [-0.4, -0.2) is 10.2 Å². The predicted molar refractivity (Wildman–Crippen MR) is 47.2 cm³/mol. The molecule has 0 radical (unpaired) electrons. The van der Waals surface area contributed by atoms with Gasteiger partial charge in [0.1, 0.15) is 5.56 Å². The van der Waals surface area contributed by atoms with Crippen molar-refractivity contribution in [3.05, 3.63) is 32.7 Å². The minimum Gasteiger partial charge on any atom is -0.320 e. The Bertz CT molecular complexity index is 430. The molecule has 0 bridgehead atoms. The number of hydrogen-bond acceptors (Lipinski definition) is 2.